The van der Waals surface area contributed by atoms with Gasteiger partial charge in [-0.25, -0.2) is 0 Å². The number of hydrogen-bond donors (Lipinski definition) is 0. The molecular formula is C23H30N2. The van der Waals surface area contributed by atoms with Gasteiger partial charge in [-0.05, 0) is 41.6 Å². The second kappa shape index (κ2) is 8.35. The Bertz CT molecular complexity index is 677. The van der Waals surface area contributed by atoms with Gasteiger partial charge in [-0.1, -0.05) is 69.0 Å². The zero-order valence-corrected chi connectivity index (χ0v) is 15.7. The van der Waals surface area contributed by atoms with E-state index in [0.29, 0.717) is 0 Å². The molecule has 0 spiro atoms. The fourth-order valence-corrected chi connectivity index (χ4v) is 3.53. The van der Waals surface area contributed by atoms with Crippen LogP contribution >= 0.6 is 0 Å². The van der Waals surface area contributed by atoms with Gasteiger partial charge in [-0.15, -0.1) is 0 Å². The number of rotatable bonds is 6. The van der Waals surface area contributed by atoms with Crippen LogP contribution in [0.2, 0.25) is 0 Å². The van der Waals surface area contributed by atoms with E-state index < -0.39 is 0 Å². The Hall–Kier alpha value is -2.06. The topological polar surface area (TPSA) is 6.48 Å². The third-order valence-electron chi connectivity index (χ3n) is 5.21. The van der Waals surface area contributed by atoms with Crippen molar-refractivity contribution in [3.63, 3.8) is 0 Å². The summed E-state index contributed by atoms with van der Waals surface area (Å²) < 4.78 is 0. The molecule has 0 aromatic heterocycles. The first-order valence-electron chi connectivity index (χ1n) is 9.57. The first-order valence-corrected chi connectivity index (χ1v) is 9.57. The molecule has 0 bridgehead atoms. The van der Waals surface area contributed by atoms with Crippen molar-refractivity contribution in [2.75, 3.05) is 32.7 Å². The van der Waals surface area contributed by atoms with E-state index in [2.05, 4.69) is 78.8 Å². The fraction of sp³-hybridized carbons (Fsp3) is 0.391. The van der Waals surface area contributed by atoms with Gasteiger partial charge in [0.2, 0.25) is 0 Å². The van der Waals surface area contributed by atoms with Crippen molar-refractivity contribution in [3.8, 4) is 11.1 Å². The lowest BCUT2D eigenvalue weighted by atomic mass is 10.0. The summed E-state index contributed by atoms with van der Waals surface area (Å²) in [6.07, 6.45) is 2.33. The summed E-state index contributed by atoms with van der Waals surface area (Å²) in [7, 11) is 0. The molecule has 25 heavy (non-hydrogen) atoms. The summed E-state index contributed by atoms with van der Waals surface area (Å²) >= 11 is 0. The predicted molar refractivity (Wildman–Crippen MR) is 109 cm³/mol. The average Bonchev–Trinajstić information content (AvgIpc) is 2.68. The predicted octanol–water partition coefficient (Wildman–Crippen LogP) is 4.91. The van der Waals surface area contributed by atoms with Gasteiger partial charge < -0.3 is 4.90 Å². The van der Waals surface area contributed by atoms with Crippen LogP contribution in [0, 0.1) is 0 Å². The van der Waals surface area contributed by atoms with Crippen molar-refractivity contribution in [2.24, 2.45) is 0 Å². The van der Waals surface area contributed by atoms with E-state index in [1.165, 1.54) is 35.2 Å². The molecule has 1 aliphatic heterocycles. The van der Waals surface area contributed by atoms with Crippen LogP contribution in [-0.2, 0) is 6.42 Å². The molecule has 0 N–H and O–H groups in total. The van der Waals surface area contributed by atoms with E-state index in [1.807, 2.05) is 0 Å². The van der Waals surface area contributed by atoms with Crippen LogP contribution in [0.1, 0.15) is 31.4 Å². The van der Waals surface area contributed by atoms with Gasteiger partial charge in [0.25, 0.3) is 0 Å². The Kier molecular flexibility index (Phi) is 5.93. The third-order valence-corrected chi connectivity index (χ3v) is 5.21. The highest BCUT2D eigenvalue weighted by molar-refractivity contribution is 5.69. The van der Waals surface area contributed by atoms with Gasteiger partial charge in [0.15, 0.2) is 0 Å². The first kappa shape index (κ1) is 17.8. The molecule has 0 radical (unpaired) electrons. The summed E-state index contributed by atoms with van der Waals surface area (Å²) in [5, 5.41) is 0. The molecule has 0 unspecified atom stereocenters. The number of piperazine rings is 1. The van der Waals surface area contributed by atoms with Crippen LogP contribution in [-0.4, -0.2) is 42.5 Å². The molecule has 1 aliphatic rings. The molecule has 0 amide bonds. The molecule has 0 saturated carbocycles. The highest BCUT2D eigenvalue weighted by atomic mass is 15.3. The lowest BCUT2D eigenvalue weighted by molar-refractivity contribution is 0.176. The van der Waals surface area contributed by atoms with Crippen molar-refractivity contribution in [3.05, 3.63) is 66.2 Å². The van der Waals surface area contributed by atoms with E-state index in [-0.39, 0.29) is 0 Å². The first-order chi connectivity index (χ1) is 12.2. The van der Waals surface area contributed by atoms with Gasteiger partial charge >= 0.3 is 0 Å². The summed E-state index contributed by atoms with van der Waals surface area (Å²) in [4.78, 5) is 4.98. The van der Waals surface area contributed by atoms with Crippen LogP contribution < -0.4 is 0 Å². The molecule has 1 saturated heterocycles. The lowest BCUT2D eigenvalue weighted by Gasteiger charge is -2.37. The highest BCUT2D eigenvalue weighted by Crippen LogP contribution is 2.24. The van der Waals surface area contributed by atoms with Crippen LogP contribution in [0.3, 0.4) is 0 Å². The zero-order valence-electron chi connectivity index (χ0n) is 15.7. The third kappa shape index (κ3) is 4.32. The molecule has 3 rings (SSSR count). The number of aryl methyl sites for hydroxylation is 1. The summed E-state index contributed by atoms with van der Waals surface area (Å²) in [5.74, 6) is 0. The Balaban J connectivity index is 1.64. The summed E-state index contributed by atoms with van der Waals surface area (Å²) in [6, 6.07) is 17.7. The van der Waals surface area contributed by atoms with E-state index in [9.17, 15) is 0 Å². The van der Waals surface area contributed by atoms with Crippen LogP contribution in [0.25, 0.3) is 16.8 Å². The molecule has 2 nitrogen and oxygen atoms in total. The Labute approximate surface area is 152 Å². The van der Waals surface area contributed by atoms with E-state index in [0.717, 1.165) is 38.3 Å². The normalized spacial score (nSPS) is 15.4. The smallest absolute Gasteiger partial charge is 0.0367 e. The quantitative estimate of drug-likeness (QED) is 0.740. The maximum absolute atomic E-state index is 4.35. The van der Waals surface area contributed by atoms with Crippen LogP contribution in [0.15, 0.2) is 55.1 Å². The molecule has 1 fully saturated rings. The molecule has 2 aromatic carbocycles. The van der Waals surface area contributed by atoms with Gasteiger partial charge in [0.1, 0.15) is 0 Å². The second-order valence-electron chi connectivity index (χ2n) is 6.90. The molecule has 0 aliphatic carbocycles. The highest BCUT2D eigenvalue weighted by Gasteiger charge is 2.17. The minimum atomic E-state index is 1.08. The minimum Gasteiger partial charge on any atom is -0.369 e. The Morgan fingerprint density at radius 3 is 1.92 bits per heavy atom. The van der Waals surface area contributed by atoms with Crippen molar-refractivity contribution in [1.29, 1.82) is 0 Å². The largest absolute Gasteiger partial charge is 0.369 e. The van der Waals surface area contributed by atoms with Crippen molar-refractivity contribution >= 4 is 5.70 Å². The Morgan fingerprint density at radius 1 is 0.840 bits per heavy atom. The Morgan fingerprint density at radius 2 is 1.40 bits per heavy atom. The second-order valence-corrected chi connectivity index (χ2v) is 6.90. The average molecular weight is 335 g/mol. The van der Waals surface area contributed by atoms with Gasteiger partial charge in [-0.3, -0.25) is 4.90 Å². The van der Waals surface area contributed by atoms with Crippen molar-refractivity contribution in [1.82, 2.24) is 9.80 Å². The van der Waals surface area contributed by atoms with E-state index >= 15 is 0 Å². The van der Waals surface area contributed by atoms with Crippen molar-refractivity contribution < 1.29 is 0 Å². The zero-order chi connectivity index (χ0) is 17.6. The maximum Gasteiger partial charge on any atom is 0.0367 e. The standard InChI is InChI=1S/C23H30N2/c1-4-14-24-15-17-25(18-16-24)19(3)21-10-12-23(13-11-21)22-8-6-20(5-2)7-9-22/h6-13H,3-5,14-18H2,1-2H3. The van der Waals surface area contributed by atoms with Crippen LogP contribution in [0.5, 0.6) is 0 Å². The SMILES string of the molecule is C=C(c1ccc(-c2ccc(CC)cc2)cc1)N1CCN(CCC)CC1. The van der Waals surface area contributed by atoms with E-state index in [4.69, 9.17) is 0 Å². The maximum atomic E-state index is 4.35. The van der Waals surface area contributed by atoms with Crippen LogP contribution in [0.4, 0.5) is 0 Å². The molecule has 2 aromatic rings. The monoisotopic (exact) mass is 334 g/mol. The van der Waals surface area contributed by atoms with Gasteiger partial charge in [-0.2, -0.15) is 0 Å². The molecule has 1 heterocycles. The fourth-order valence-electron chi connectivity index (χ4n) is 3.53. The number of hydrogen-bond acceptors (Lipinski definition) is 2. The van der Waals surface area contributed by atoms with Gasteiger partial charge in [0, 0.05) is 31.9 Å². The minimum absolute atomic E-state index is 1.08. The lowest BCUT2D eigenvalue weighted by Crippen LogP contribution is -2.45. The molecule has 0 atom stereocenters. The van der Waals surface area contributed by atoms with Gasteiger partial charge in [0.05, 0.1) is 0 Å². The van der Waals surface area contributed by atoms with Crippen molar-refractivity contribution in [2.45, 2.75) is 26.7 Å². The molecule has 132 valence electrons. The molecule has 2 heteroatoms. The summed E-state index contributed by atoms with van der Waals surface area (Å²) in [6.45, 7) is 14.5. The number of nitrogens with zero attached hydrogens (tertiary/aromatic N) is 2. The molecular weight excluding hydrogens is 304 g/mol. The number of benzene rings is 2. The summed E-state index contributed by atoms with van der Waals surface area (Å²) in [5.41, 5.74) is 6.33. The van der Waals surface area contributed by atoms with E-state index in [1.54, 1.807) is 0 Å².